The van der Waals surface area contributed by atoms with E-state index in [0.29, 0.717) is 23.7 Å². The Balaban J connectivity index is 2.12. The first kappa shape index (κ1) is 15.8. The van der Waals surface area contributed by atoms with Gasteiger partial charge >= 0.3 is 0 Å². The van der Waals surface area contributed by atoms with Crippen LogP contribution in [0.15, 0.2) is 48.5 Å². The van der Waals surface area contributed by atoms with E-state index >= 15 is 0 Å². The van der Waals surface area contributed by atoms with Crippen LogP contribution in [0, 0.1) is 0 Å². The van der Waals surface area contributed by atoms with Gasteiger partial charge in [0.05, 0.1) is 5.69 Å². The van der Waals surface area contributed by atoms with Crippen LogP contribution in [0.25, 0.3) is 0 Å². The van der Waals surface area contributed by atoms with Crippen molar-refractivity contribution < 1.29 is 8.42 Å². The fraction of sp³-hybridized carbons (Fsp3) is 0.200. The molecule has 0 fully saturated rings. The van der Waals surface area contributed by atoms with Crippen LogP contribution in [0.1, 0.15) is 18.1 Å². The van der Waals surface area contributed by atoms with E-state index < -0.39 is 10.2 Å². The number of hydrogen-bond donors (Lipinski definition) is 2. The van der Waals surface area contributed by atoms with Crippen LogP contribution < -0.4 is 9.44 Å². The molecule has 0 bridgehead atoms. The molecule has 0 aliphatic rings. The minimum atomic E-state index is -3.50. The minimum absolute atomic E-state index is 0.347. The van der Waals surface area contributed by atoms with Crippen LogP contribution >= 0.6 is 11.6 Å². The van der Waals surface area contributed by atoms with Gasteiger partial charge in [0.2, 0.25) is 0 Å². The van der Waals surface area contributed by atoms with Gasteiger partial charge in [0.25, 0.3) is 10.2 Å². The Labute approximate surface area is 130 Å². The molecule has 21 heavy (non-hydrogen) atoms. The topological polar surface area (TPSA) is 58.2 Å². The van der Waals surface area contributed by atoms with Crippen LogP contribution in [0.4, 0.5) is 5.69 Å². The summed E-state index contributed by atoms with van der Waals surface area (Å²) in [5.41, 5.74) is 2.68. The quantitative estimate of drug-likeness (QED) is 0.857. The molecule has 4 nitrogen and oxygen atoms in total. The molecule has 0 heterocycles. The highest BCUT2D eigenvalue weighted by Gasteiger charge is 2.08. The predicted molar refractivity (Wildman–Crippen MR) is 86.9 cm³/mol. The molecule has 0 amide bonds. The Morgan fingerprint density at radius 3 is 2.43 bits per heavy atom. The number of rotatable bonds is 6. The summed E-state index contributed by atoms with van der Waals surface area (Å²) in [5, 5.41) is 0.700. The monoisotopic (exact) mass is 324 g/mol. The van der Waals surface area contributed by atoms with E-state index in [1.54, 1.807) is 13.0 Å². The van der Waals surface area contributed by atoms with Gasteiger partial charge in [-0.1, -0.05) is 42.8 Å². The summed E-state index contributed by atoms with van der Waals surface area (Å²) in [6.45, 7) is 2.08. The van der Waals surface area contributed by atoms with Crippen molar-refractivity contribution in [1.29, 1.82) is 0 Å². The van der Waals surface area contributed by atoms with Gasteiger partial charge in [-0.15, -0.1) is 0 Å². The van der Waals surface area contributed by atoms with Gasteiger partial charge in [0, 0.05) is 11.6 Å². The van der Waals surface area contributed by atoms with Crippen molar-refractivity contribution in [2.45, 2.75) is 13.3 Å². The van der Waals surface area contributed by atoms with Crippen LogP contribution in [-0.4, -0.2) is 15.0 Å². The number of anilines is 1. The van der Waals surface area contributed by atoms with Crippen molar-refractivity contribution in [2.75, 3.05) is 11.3 Å². The number of hydrogen-bond acceptors (Lipinski definition) is 2. The fourth-order valence-electron chi connectivity index (χ4n) is 1.96. The Morgan fingerprint density at radius 2 is 1.76 bits per heavy atom. The summed E-state index contributed by atoms with van der Waals surface area (Å²) < 4.78 is 28.2. The average Bonchev–Trinajstić information content (AvgIpc) is 2.41. The molecule has 0 radical (unpaired) electrons. The second kappa shape index (κ2) is 6.93. The lowest BCUT2D eigenvalue weighted by Crippen LogP contribution is -2.29. The molecule has 112 valence electrons. The smallest absolute Gasteiger partial charge is 0.271 e. The SMILES string of the molecule is CCNS(=O)(=O)Nc1cccc(Cc2ccc(Cl)cc2)c1. The number of benzene rings is 2. The zero-order chi connectivity index (χ0) is 15.3. The molecule has 0 aromatic heterocycles. The maximum atomic E-state index is 11.7. The van der Waals surface area contributed by atoms with Crippen molar-refractivity contribution >= 4 is 27.5 Å². The van der Waals surface area contributed by atoms with Crippen molar-refractivity contribution in [2.24, 2.45) is 0 Å². The summed E-state index contributed by atoms with van der Waals surface area (Å²) in [7, 11) is -3.50. The van der Waals surface area contributed by atoms with Gasteiger partial charge in [-0.05, 0) is 41.8 Å². The lowest BCUT2D eigenvalue weighted by Gasteiger charge is -2.09. The van der Waals surface area contributed by atoms with Crippen LogP contribution in [0.2, 0.25) is 5.02 Å². The van der Waals surface area contributed by atoms with Gasteiger partial charge in [0.1, 0.15) is 0 Å². The number of nitrogens with one attached hydrogen (secondary N) is 2. The van der Waals surface area contributed by atoms with Gasteiger partial charge < -0.3 is 0 Å². The molecule has 0 saturated heterocycles. The van der Waals surface area contributed by atoms with E-state index in [0.717, 1.165) is 11.1 Å². The third kappa shape index (κ3) is 5.04. The summed E-state index contributed by atoms with van der Waals surface area (Å²) in [5.74, 6) is 0. The molecule has 0 atom stereocenters. The lowest BCUT2D eigenvalue weighted by atomic mass is 10.0. The molecule has 6 heteroatoms. The van der Waals surface area contributed by atoms with Gasteiger partial charge in [0.15, 0.2) is 0 Å². The van der Waals surface area contributed by atoms with Crippen molar-refractivity contribution in [3.8, 4) is 0 Å². The fourth-order valence-corrected chi connectivity index (χ4v) is 2.98. The van der Waals surface area contributed by atoms with Crippen LogP contribution in [0.3, 0.4) is 0 Å². The normalized spacial score (nSPS) is 11.3. The average molecular weight is 325 g/mol. The molecule has 0 aliphatic heterocycles. The first-order chi connectivity index (χ1) is 9.98. The van der Waals surface area contributed by atoms with E-state index in [4.69, 9.17) is 11.6 Å². The highest BCUT2D eigenvalue weighted by molar-refractivity contribution is 7.90. The highest BCUT2D eigenvalue weighted by Crippen LogP contribution is 2.17. The molecule has 0 aliphatic carbocycles. The van der Waals surface area contributed by atoms with E-state index in [2.05, 4.69) is 9.44 Å². The highest BCUT2D eigenvalue weighted by atomic mass is 35.5. The first-order valence-electron chi connectivity index (χ1n) is 6.59. The predicted octanol–water partition coefficient (Wildman–Crippen LogP) is 3.20. The number of halogens is 1. The third-order valence-corrected chi connectivity index (χ3v) is 4.26. The van der Waals surface area contributed by atoms with Gasteiger partial charge in [-0.2, -0.15) is 13.1 Å². The van der Waals surface area contributed by atoms with E-state index in [-0.39, 0.29) is 0 Å². The summed E-state index contributed by atoms with van der Waals surface area (Å²) >= 11 is 5.86. The molecule has 2 N–H and O–H groups in total. The van der Waals surface area contributed by atoms with Gasteiger partial charge in [-0.3, -0.25) is 4.72 Å². The molecule has 2 aromatic carbocycles. The molecule has 2 rings (SSSR count). The minimum Gasteiger partial charge on any atom is -0.271 e. The Bertz CT molecular complexity index is 700. The van der Waals surface area contributed by atoms with E-state index in [1.165, 1.54) is 0 Å². The van der Waals surface area contributed by atoms with E-state index in [9.17, 15) is 8.42 Å². The second-order valence-corrected chi connectivity index (χ2v) is 6.54. The maximum absolute atomic E-state index is 11.7. The molecule has 0 unspecified atom stereocenters. The summed E-state index contributed by atoms with van der Waals surface area (Å²) in [6.07, 6.45) is 0.716. The van der Waals surface area contributed by atoms with Gasteiger partial charge in [-0.25, -0.2) is 0 Å². The molecular weight excluding hydrogens is 308 g/mol. The third-order valence-electron chi connectivity index (χ3n) is 2.84. The zero-order valence-corrected chi connectivity index (χ0v) is 13.2. The molecular formula is C15H17ClN2O2S. The summed E-state index contributed by atoms with van der Waals surface area (Å²) in [4.78, 5) is 0. The van der Waals surface area contributed by atoms with Crippen molar-refractivity contribution in [3.05, 3.63) is 64.7 Å². The van der Waals surface area contributed by atoms with E-state index in [1.807, 2.05) is 42.5 Å². The molecule has 0 saturated carbocycles. The largest absolute Gasteiger partial charge is 0.299 e. The second-order valence-electron chi connectivity index (χ2n) is 4.61. The standard InChI is InChI=1S/C15H17ClN2O2S/c1-2-17-21(19,20)18-15-5-3-4-13(11-15)10-12-6-8-14(16)9-7-12/h3-9,11,17-18H,2,10H2,1H3. The van der Waals surface area contributed by atoms with Crippen molar-refractivity contribution in [1.82, 2.24) is 4.72 Å². The summed E-state index contributed by atoms with van der Waals surface area (Å²) in [6, 6.07) is 14.9. The molecule has 0 spiro atoms. The first-order valence-corrected chi connectivity index (χ1v) is 8.45. The Hall–Kier alpha value is -1.56. The zero-order valence-electron chi connectivity index (χ0n) is 11.6. The van der Waals surface area contributed by atoms with Crippen LogP contribution in [0.5, 0.6) is 0 Å². The Morgan fingerprint density at radius 1 is 1.05 bits per heavy atom. The van der Waals surface area contributed by atoms with Crippen LogP contribution in [-0.2, 0) is 16.6 Å². The lowest BCUT2D eigenvalue weighted by molar-refractivity contribution is 0.589. The maximum Gasteiger partial charge on any atom is 0.299 e. The Kier molecular flexibility index (Phi) is 5.22. The molecule has 2 aromatic rings. The van der Waals surface area contributed by atoms with Crippen molar-refractivity contribution in [3.63, 3.8) is 0 Å².